The Morgan fingerprint density at radius 3 is 2.23 bits per heavy atom. The summed E-state index contributed by atoms with van der Waals surface area (Å²) in [6.07, 6.45) is 5.14. The third-order valence-corrected chi connectivity index (χ3v) is 6.82. The Hall–Kier alpha value is -5.37. The normalized spacial score (nSPS) is 14.8. The number of carbonyl (C=O) groups is 3. The smallest absolute Gasteiger partial charge is 0.363 e. The van der Waals surface area contributed by atoms with Crippen LogP contribution in [0.2, 0.25) is 0 Å². The molecule has 6 rings (SSSR count). The number of hydrogen-bond acceptors (Lipinski definition) is 6. The summed E-state index contributed by atoms with van der Waals surface area (Å²) in [6.45, 7) is -0.149. The lowest BCUT2D eigenvalue weighted by atomic mass is 9.93. The van der Waals surface area contributed by atoms with E-state index < -0.39 is 5.97 Å². The van der Waals surface area contributed by atoms with Crippen molar-refractivity contribution >= 4 is 35.4 Å². The fourth-order valence-corrected chi connectivity index (χ4v) is 4.97. The Labute approximate surface area is 230 Å². The van der Waals surface area contributed by atoms with E-state index >= 15 is 0 Å². The predicted octanol–water partition coefficient (Wildman–Crippen LogP) is 4.68. The number of amides is 2. The SMILES string of the molecule is O=C(CC1c2ccccc2-c2ccccc21)NCC(=O)Nc1ccc(C2=N/C(=C\c3cccnc3)C(=O)O2)cc1. The highest BCUT2D eigenvalue weighted by molar-refractivity contribution is 6.13. The van der Waals surface area contributed by atoms with Gasteiger partial charge in [0, 0.05) is 36.0 Å². The molecular weight excluding hydrogens is 504 g/mol. The summed E-state index contributed by atoms with van der Waals surface area (Å²) in [5.74, 6) is -0.954. The molecule has 0 bridgehead atoms. The molecule has 40 heavy (non-hydrogen) atoms. The van der Waals surface area contributed by atoms with Gasteiger partial charge in [-0.1, -0.05) is 54.6 Å². The number of hydrogen-bond donors (Lipinski definition) is 2. The van der Waals surface area contributed by atoms with Crippen molar-refractivity contribution in [2.24, 2.45) is 4.99 Å². The number of benzene rings is 3. The van der Waals surface area contributed by atoms with Crippen LogP contribution in [0.1, 0.15) is 34.6 Å². The number of aliphatic imine (C=N–C) groups is 1. The molecule has 2 heterocycles. The van der Waals surface area contributed by atoms with Gasteiger partial charge in [-0.25, -0.2) is 9.79 Å². The molecule has 0 saturated carbocycles. The molecular formula is C32H24N4O4. The van der Waals surface area contributed by atoms with Crippen molar-refractivity contribution in [2.45, 2.75) is 12.3 Å². The lowest BCUT2D eigenvalue weighted by Crippen LogP contribution is -2.33. The van der Waals surface area contributed by atoms with Crippen LogP contribution in [0, 0.1) is 0 Å². The van der Waals surface area contributed by atoms with Crippen molar-refractivity contribution in [1.82, 2.24) is 10.3 Å². The molecule has 1 aliphatic heterocycles. The summed E-state index contributed by atoms with van der Waals surface area (Å²) in [4.78, 5) is 45.8. The lowest BCUT2D eigenvalue weighted by molar-refractivity contribution is -0.130. The molecule has 0 radical (unpaired) electrons. The van der Waals surface area contributed by atoms with E-state index in [1.54, 1.807) is 48.8 Å². The maximum Gasteiger partial charge on any atom is 0.363 e. The van der Waals surface area contributed by atoms with E-state index in [0.717, 1.165) is 27.8 Å². The minimum Gasteiger partial charge on any atom is -0.402 e. The number of aromatic nitrogens is 1. The summed E-state index contributed by atoms with van der Waals surface area (Å²) in [7, 11) is 0. The number of anilines is 1. The fraction of sp³-hybridized carbons (Fsp3) is 0.0938. The lowest BCUT2D eigenvalue weighted by Gasteiger charge is -2.14. The van der Waals surface area contributed by atoms with Crippen LogP contribution >= 0.6 is 0 Å². The van der Waals surface area contributed by atoms with E-state index in [1.165, 1.54) is 0 Å². The van der Waals surface area contributed by atoms with Gasteiger partial charge in [0.2, 0.25) is 17.7 Å². The van der Waals surface area contributed by atoms with E-state index in [-0.39, 0.29) is 42.3 Å². The number of ether oxygens (including phenoxy) is 1. The Morgan fingerprint density at radius 1 is 0.850 bits per heavy atom. The van der Waals surface area contributed by atoms with Crippen LogP contribution in [-0.2, 0) is 19.1 Å². The maximum atomic E-state index is 12.8. The second kappa shape index (κ2) is 10.8. The molecule has 8 heteroatoms. The van der Waals surface area contributed by atoms with Gasteiger partial charge in [0.05, 0.1) is 6.54 Å². The van der Waals surface area contributed by atoms with E-state index in [1.807, 2.05) is 30.3 Å². The van der Waals surface area contributed by atoms with Gasteiger partial charge in [-0.05, 0) is 64.2 Å². The summed E-state index contributed by atoms with van der Waals surface area (Å²) in [6, 6.07) is 26.6. The largest absolute Gasteiger partial charge is 0.402 e. The molecule has 2 aliphatic rings. The van der Waals surface area contributed by atoms with Crippen molar-refractivity contribution < 1.29 is 19.1 Å². The number of nitrogens with one attached hydrogen (secondary N) is 2. The molecule has 8 nitrogen and oxygen atoms in total. The van der Waals surface area contributed by atoms with E-state index in [0.29, 0.717) is 11.3 Å². The molecule has 0 saturated heterocycles. The third kappa shape index (κ3) is 5.15. The molecule has 2 N–H and O–H groups in total. The van der Waals surface area contributed by atoms with Gasteiger partial charge in [-0.15, -0.1) is 0 Å². The molecule has 1 aromatic heterocycles. The Kier molecular flexibility index (Phi) is 6.72. The summed E-state index contributed by atoms with van der Waals surface area (Å²) < 4.78 is 5.30. The number of fused-ring (bicyclic) bond motifs is 3. The molecule has 4 aromatic rings. The van der Waals surface area contributed by atoms with Gasteiger partial charge in [0.25, 0.3) is 0 Å². The number of esters is 1. The van der Waals surface area contributed by atoms with Gasteiger partial charge in [0.1, 0.15) is 0 Å². The van der Waals surface area contributed by atoms with Gasteiger partial charge in [-0.2, -0.15) is 0 Å². The molecule has 0 atom stereocenters. The molecule has 3 aromatic carbocycles. The Morgan fingerprint density at radius 2 is 1.55 bits per heavy atom. The molecule has 196 valence electrons. The summed E-state index contributed by atoms with van der Waals surface area (Å²) in [5.41, 5.74) is 6.60. The molecule has 0 fully saturated rings. The van der Waals surface area contributed by atoms with Crippen LogP contribution in [0.4, 0.5) is 5.69 Å². The first-order valence-electron chi connectivity index (χ1n) is 12.8. The second-order valence-corrected chi connectivity index (χ2v) is 9.46. The third-order valence-electron chi connectivity index (χ3n) is 6.82. The molecule has 2 amide bonds. The number of pyridine rings is 1. The Balaban J connectivity index is 1.04. The molecule has 0 spiro atoms. The molecule has 1 aliphatic carbocycles. The quantitative estimate of drug-likeness (QED) is 0.267. The Bertz CT molecular complexity index is 1630. The fourth-order valence-electron chi connectivity index (χ4n) is 4.97. The van der Waals surface area contributed by atoms with Crippen LogP contribution in [-0.4, -0.2) is 35.2 Å². The highest BCUT2D eigenvalue weighted by Gasteiger charge is 2.29. The highest BCUT2D eigenvalue weighted by atomic mass is 16.6. The number of rotatable bonds is 7. The van der Waals surface area contributed by atoms with Crippen molar-refractivity contribution in [3.05, 3.63) is 125 Å². The van der Waals surface area contributed by atoms with Gasteiger partial charge >= 0.3 is 5.97 Å². The first kappa shape index (κ1) is 24.9. The topological polar surface area (TPSA) is 110 Å². The van der Waals surface area contributed by atoms with Crippen LogP contribution in [0.25, 0.3) is 17.2 Å². The number of carbonyl (C=O) groups excluding carboxylic acids is 3. The highest BCUT2D eigenvalue weighted by Crippen LogP contribution is 2.45. The van der Waals surface area contributed by atoms with Crippen molar-refractivity contribution in [3.63, 3.8) is 0 Å². The molecule has 0 unspecified atom stereocenters. The number of nitrogens with zero attached hydrogens (tertiary/aromatic N) is 2. The van der Waals surface area contributed by atoms with E-state index in [9.17, 15) is 14.4 Å². The average Bonchev–Trinajstić information content (AvgIpc) is 3.50. The zero-order chi connectivity index (χ0) is 27.5. The van der Waals surface area contributed by atoms with Crippen molar-refractivity contribution in [2.75, 3.05) is 11.9 Å². The standard InChI is InChI=1S/C32H24N4O4/c37-29(17-27-25-9-3-1-7-23(25)24-8-2-4-10-26(24)27)34-19-30(38)35-22-13-11-21(12-14-22)31-36-28(32(39)40-31)16-20-6-5-15-33-18-20/h1-16,18,27H,17,19H2,(H,34,37)(H,35,38)/b28-16-. The van der Waals surface area contributed by atoms with Gasteiger partial charge < -0.3 is 15.4 Å². The first-order chi connectivity index (χ1) is 19.5. The van der Waals surface area contributed by atoms with Crippen LogP contribution in [0.5, 0.6) is 0 Å². The van der Waals surface area contributed by atoms with E-state index in [2.05, 4.69) is 44.9 Å². The summed E-state index contributed by atoms with van der Waals surface area (Å²) in [5, 5.41) is 5.51. The zero-order valence-corrected chi connectivity index (χ0v) is 21.3. The van der Waals surface area contributed by atoms with Crippen LogP contribution in [0.3, 0.4) is 0 Å². The van der Waals surface area contributed by atoms with Gasteiger partial charge in [-0.3, -0.25) is 14.6 Å². The maximum absolute atomic E-state index is 12.8. The van der Waals surface area contributed by atoms with Crippen molar-refractivity contribution in [3.8, 4) is 11.1 Å². The predicted molar refractivity (Wildman–Crippen MR) is 151 cm³/mol. The van der Waals surface area contributed by atoms with Gasteiger partial charge in [0.15, 0.2) is 5.70 Å². The average molecular weight is 529 g/mol. The van der Waals surface area contributed by atoms with Crippen LogP contribution < -0.4 is 10.6 Å². The van der Waals surface area contributed by atoms with Crippen molar-refractivity contribution in [1.29, 1.82) is 0 Å². The number of cyclic esters (lactones) is 1. The monoisotopic (exact) mass is 528 g/mol. The summed E-state index contributed by atoms with van der Waals surface area (Å²) >= 11 is 0. The second-order valence-electron chi connectivity index (χ2n) is 9.46. The first-order valence-corrected chi connectivity index (χ1v) is 12.8. The minimum absolute atomic E-state index is 0.0460. The van der Waals surface area contributed by atoms with Crippen LogP contribution in [0.15, 0.2) is 108 Å². The minimum atomic E-state index is -0.545. The zero-order valence-electron chi connectivity index (χ0n) is 21.3. The van der Waals surface area contributed by atoms with E-state index in [4.69, 9.17) is 4.74 Å².